The van der Waals surface area contributed by atoms with Gasteiger partial charge >= 0.3 is 6.09 Å². The van der Waals surface area contributed by atoms with E-state index in [0.29, 0.717) is 11.4 Å². The van der Waals surface area contributed by atoms with Crippen molar-refractivity contribution in [1.29, 1.82) is 0 Å². The van der Waals surface area contributed by atoms with E-state index >= 15 is 0 Å². The summed E-state index contributed by atoms with van der Waals surface area (Å²) in [4.78, 5) is 62.4. The Bertz CT molecular complexity index is 1570. The van der Waals surface area contributed by atoms with E-state index in [1.807, 2.05) is 12.1 Å². The van der Waals surface area contributed by atoms with Gasteiger partial charge in [0, 0.05) is 35.0 Å². The quantitative estimate of drug-likeness (QED) is 0.131. The Labute approximate surface area is 287 Å². The number of nitrogens with one attached hydrogen (secondary N) is 3. The van der Waals surface area contributed by atoms with Crippen LogP contribution in [0.1, 0.15) is 37.0 Å². The number of aliphatic carboxylic acids is 1. The molecule has 3 atom stereocenters. The third-order valence-corrected chi connectivity index (χ3v) is 10.3. The average molecular weight is 695 g/mol. The van der Waals surface area contributed by atoms with Crippen molar-refractivity contribution >= 4 is 57.1 Å². The van der Waals surface area contributed by atoms with E-state index in [4.69, 9.17) is 16.2 Å². The number of carbonyl (C=O) groups excluding carboxylic acids is 5. The summed E-state index contributed by atoms with van der Waals surface area (Å²) in [6.45, 7) is 5.24. The number of amides is 4. The molecular formula is C34H40N5O7S2-. The molecule has 7 N–H and O–H groups in total. The van der Waals surface area contributed by atoms with Crippen LogP contribution < -0.4 is 37.3 Å². The van der Waals surface area contributed by atoms with E-state index in [9.17, 15) is 29.1 Å². The Morgan fingerprint density at radius 3 is 2.10 bits per heavy atom. The minimum Gasteiger partial charge on any atom is -0.550 e. The molecule has 12 nitrogen and oxygen atoms in total. The highest BCUT2D eigenvalue weighted by atomic mass is 33.1. The highest BCUT2D eigenvalue weighted by Gasteiger charge is 2.29. The molecule has 0 aliphatic rings. The minimum atomic E-state index is -1.21. The van der Waals surface area contributed by atoms with E-state index in [1.165, 1.54) is 21.6 Å². The molecule has 0 aliphatic carbocycles. The summed E-state index contributed by atoms with van der Waals surface area (Å²) in [7, 11) is 2.42. The molecule has 0 heterocycles. The third kappa shape index (κ3) is 12.9. The van der Waals surface area contributed by atoms with Crippen LogP contribution in [0.2, 0.25) is 0 Å². The number of carboxylic acids is 1. The van der Waals surface area contributed by atoms with Gasteiger partial charge in [-0.2, -0.15) is 0 Å². The van der Waals surface area contributed by atoms with Crippen LogP contribution in [0.5, 0.6) is 5.75 Å². The lowest BCUT2D eigenvalue weighted by atomic mass is 10.0. The molecule has 0 radical (unpaired) electrons. The number of para-hydroxylation sites is 1. The second-order valence-electron chi connectivity index (χ2n) is 11.7. The van der Waals surface area contributed by atoms with Gasteiger partial charge in [0.15, 0.2) is 0 Å². The van der Waals surface area contributed by atoms with Gasteiger partial charge in [0.1, 0.15) is 17.8 Å². The lowest BCUT2D eigenvalue weighted by Crippen LogP contribution is -2.56. The van der Waals surface area contributed by atoms with E-state index < -0.39 is 52.7 Å². The van der Waals surface area contributed by atoms with Crippen molar-refractivity contribution < 1.29 is 33.8 Å². The zero-order valence-corrected chi connectivity index (χ0v) is 28.5. The van der Waals surface area contributed by atoms with Crippen molar-refractivity contribution in [3.8, 4) is 5.75 Å². The standard InChI is InChI=1S/C34H41N5O7S2/c1-21-16-25(46-33(45)37-24-12-8-5-9-13-24)15-14-23(21)18-26(35)31(43)39-28(20-47-48-34(2,3)19-29(40)41)32(44)38-27(30(36)42)17-22-10-6-4-7-11-22/h4-16,26-28H,17-20,35H2,1-3H3,(H2,36,42)(H,37,45)(H,38,44)(H,39,43)(H,40,41)/p-1/t26-,27-,28+/m0/s1. The zero-order chi connectivity index (χ0) is 35.3. The maximum atomic E-state index is 13.4. The van der Waals surface area contributed by atoms with Crippen molar-refractivity contribution in [3.05, 3.63) is 95.6 Å². The van der Waals surface area contributed by atoms with Crippen LogP contribution in [0.15, 0.2) is 78.9 Å². The van der Waals surface area contributed by atoms with Crippen molar-refractivity contribution in [1.82, 2.24) is 10.6 Å². The highest BCUT2D eigenvalue weighted by molar-refractivity contribution is 8.77. The number of nitrogens with two attached hydrogens (primary N) is 2. The lowest BCUT2D eigenvalue weighted by Gasteiger charge is -2.26. The van der Waals surface area contributed by atoms with Gasteiger partial charge < -0.3 is 36.7 Å². The fraction of sp³-hybridized carbons (Fsp3) is 0.324. The Hall–Kier alpha value is -4.53. The van der Waals surface area contributed by atoms with Gasteiger partial charge in [0.25, 0.3) is 0 Å². The lowest BCUT2D eigenvalue weighted by molar-refractivity contribution is -0.306. The number of benzene rings is 3. The van der Waals surface area contributed by atoms with Crippen LogP contribution in [-0.2, 0) is 32.0 Å². The van der Waals surface area contributed by atoms with E-state index in [-0.39, 0.29) is 25.0 Å². The van der Waals surface area contributed by atoms with Gasteiger partial charge in [-0.05, 0) is 68.1 Å². The Kier molecular flexibility index (Phi) is 14.3. The molecular weight excluding hydrogens is 655 g/mol. The fourth-order valence-corrected chi connectivity index (χ4v) is 7.19. The smallest absolute Gasteiger partial charge is 0.417 e. The first kappa shape index (κ1) is 37.9. The maximum Gasteiger partial charge on any atom is 0.417 e. The highest BCUT2D eigenvalue weighted by Crippen LogP contribution is 2.38. The molecule has 3 aromatic carbocycles. The van der Waals surface area contributed by atoms with Crippen LogP contribution >= 0.6 is 21.6 Å². The molecule has 0 aromatic heterocycles. The number of hydrogen-bond donors (Lipinski definition) is 5. The Morgan fingerprint density at radius 2 is 1.50 bits per heavy atom. The molecule has 0 spiro atoms. The van der Waals surface area contributed by atoms with E-state index in [2.05, 4.69) is 16.0 Å². The summed E-state index contributed by atoms with van der Waals surface area (Å²) >= 11 is 0. The molecule has 3 aromatic rings. The monoisotopic (exact) mass is 694 g/mol. The molecule has 14 heteroatoms. The van der Waals surface area contributed by atoms with E-state index in [0.717, 1.165) is 16.7 Å². The molecule has 4 amide bonds. The van der Waals surface area contributed by atoms with Gasteiger partial charge in [-0.3, -0.25) is 19.7 Å². The Morgan fingerprint density at radius 1 is 0.875 bits per heavy atom. The molecule has 0 saturated heterocycles. The van der Waals surface area contributed by atoms with Crippen molar-refractivity contribution in [2.24, 2.45) is 11.5 Å². The summed E-state index contributed by atoms with van der Waals surface area (Å²) in [6.07, 6.45) is -0.619. The third-order valence-electron chi connectivity index (χ3n) is 6.99. The molecule has 0 fully saturated rings. The predicted octanol–water partition coefficient (Wildman–Crippen LogP) is 2.47. The van der Waals surface area contributed by atoms with Crippen LogP contribution in [-0.4, -0.2) is 58.4 Å². The summed E-state index contributed by atoms with van der Waals surface area (Å²) < 4.78 is 4.66. The van der Waals surface area contributed by atoms with Crippen LogP contribution in [0.25, 0.3) is 0 Å². The summed E-state index contributed by atoms with van der Waals surface area (Å²) in [6, 6.07) is 19.6. The number of carboxylic acid groups (broad SMARTS) is 1. The number of rotatable bonds is 17. The molecule has 0 aliphatic heterocycles. The molecule has 0 unspecified atom stereocenters. The second-order valence-corrected chi connectivity index (χ2v) is 14.7. The molecule has 48 heavy (non-hydrogen) atoms. The number of anilines is 1. The molecule has 3 rings (SSSR count). The number of hydrogen-bond acceptors (Lipinski definition) is 10. The zero-order valence-electron chi connectivity index (χ0n) is 26.9. The van der Waals surface area contributed by atoms with Crippen molar-refractivity contribution in [2.45, 2.75) is 62.9 Å². The summed E-state index contributed by atoms with van der Waals surface area (Å²) in [5.74, 6) is -2.87. The number of aryl methyl sites for hydroxylation is 1. The van der Waals surface area contributed by atoms with Gasteiger partial charge in [0.2, 0.25) is 17.7 Å². The number of primary amides is 1. The first-order chi connectivity index (χ1) is 22.7. The number of ether oxygens (including phenoxy) is 1. The normalized spacial score (nSPS) is 13.0. The Balaban J connectivity index is 1.67. The topological polar surface area (TPSA) is 206 Å². The largest absolute Gasteiger partial charge is 0.550 e. The first-order valence-electron chi connectivity index (χ1n) is 15.1. The van der Waals surface area contributed by atoms with Crippen LogP contribution in [0.3, 0.4) is 0 Å². The number of carbonyl (C=O) groups is 5. The minimum absolute atomic E-state index is 0.0400. The van der Waals surface area contributed by atoms with Crippen LogP contribution in [0.4, 0.5) is 10.5 Å². The maximum absolute atomic E-state index is 13.4. The summed E-state index contributed by atoms with van der Waals surface area (Å²) in [5, 5.41) is 19.1. The van der Waals surface area contributed by atoms with E-state index in [1.54, 1.807) is 87.5 Å². The first-order valence-corrected chi connectivity index (χ1v) is 17.4. The second kappa shape index (κ2) is 18.1. The average Bonchev–Trinajstić information content (AvgIpc) is 3.01. The van der Waals surface area contributed by atoms with Crippen molar-refractivity contribution in [2.75, 3.05) is 11.1 Å². The van der Waals surface area contributed by atoms with Gasteiger partial charge in [0.05, 0.1) is 6.04 Å². The summed E-state index contributed by atoms with van der Waals surface area (Å²) in [5.41, 5.74) is 14.7. The molecule has 256 valence electrons. The van der Waals surface area contributed by atoms with Gasteiger partial charge in [-0.15, -0.1) is 0 Å². The molecule has 0 saturated carbocycles. The van der Waals surface area contributed by atoms with Gasteiger partial charge in [-0.25, -0.2) is 4.79 Å². The fourth-order valence-electron chi connectivity index (χ4n) is 4.51. The van der Waals surface area contributed by atoms with Crippen molar-refractivity contribution in [3.63, 3.8) is 0 Å². The predicted molar refractivity (Wildman–Crippen MR) is 186 cm³/mol. The van der Waals surface area contributed by atoms with Crippen LogP contribution in [0, 0.1) is 6.92 Å². The molecule has 0 bridgehead atoms. The van der Waals surface area contributed by atoms with Gasteiger partial charge in [-0.1, -0.05) is 76.2 Å². The SMILES string of the molecule is Cc1cc(OC(=O)Nc2ccccc2)ccc1C[C@H](N)C(=O)N[C@H](CSSC(C)(C)CC(=O)[O-])C(=O)N[C@@H](Cc1ccccc1)C(N)=O.